The van der Waals surface area contributed by atoms with Gasteiger partial charge in [-0.15, -0.1) is 0 Å². The van der Waals surface area contributed by atoms with Crippen molar-refractivity contribution in [3.05, 3.63) is 23.8 Å². The highest BCUT2D eigenvalue weighted by Gasteiger charge is 2.12. The van der Waals surface area contributed by atoms with Gasteiger partial charge in [-0.1, -0.05) is 27.7 Å². The minimum Gasteiger partial charge on any atom is -0.493 e. The summed E-state index contributed by atoms with van der Waals surface area (Å²) in [7, 11) is 0. The van der Waals surface area contributed by atoms with Crippen LogP contribution in [0.2, 0.25) is 0 Å². The first kappa shape index (κ1) is 14.8. The van der Waals surface area contributed by atoms with Gasteiger partial charge in [0.2, 0.25) is 0 Å². The molecule has 1 atom stereocenters. The van der Waals surface area contributed by atoms with Crippen LogP contribution in [0.5, 0.6) is 5.75 Å². The first-order valence-electron chi connectivity index (χ1n) is 6.68. The van der Waals surface area contributed by atoms with Gasteiger partial charge in [0, 0.05) is 11.7 Å². The molecule has 4 N–H and O–H groups in total. The zero-order chi connectivity index (χ0) is 13.7. The van der Waals surface area contributed by atoms with Gasteiger partial charge in [0.25, 0.3) is 0 Å². The Morgan fingerprint density at radius 1 is 1.11 bits per heavy atom. The van der Waals surface area contributed by atoms with E-state index in [1.165, 1.54) is 0 Å². The molecule has 0 saturated heterocycles. The molecule has 0 bridgehead atoms. The largest absolute Gasteiger partial charge is 0.493 e. The van der Waals surface area contributed by atoms with Gasteiger partial charge in [-0.25, -0.2) is 0 Å². The summed E-state index contributed by atoms with van der Waals surface area (Å²) >= 11 is 0. The van der Waals surface area contributed by atoms with E-state index in [0.29, 0.717) is 18.4 Å². The molecule has 0 fully saturated rings. The first-order chi connectivity index (χ1) is 8.40. The SMILES string of the molecule is CC(C)COc1ccc(N)c(C(N)CC(C)C)c1. The first-order valence-corrected chi connectivity index (χ1v) is 6.68. The van der Waals surface area contributed by atoms with Gasteiger partial charge in [-0.05, 0) is 42.0 Å². The van der Waals surface area contributed by atoms with Crippen molar-refractivity contribution in [2.45, 2.75) is 40.2 Å². The van der Waals surface area contributed by atoms with Crippen LogP contribution in [0.4, 0.5) is 5.69 Å². The maximum Gasteiger partial charge on any atom is 0.119 e. The van der Waals surface area contributed by atoms with Crippen LogP contribution < -0.4 is 16.2 Å². The minimum atomic E-state index is -0.0207. The third kappa shape index (κ3) is 4.57. The van der Waals surface area contributed by atoms with E-state index < -0.39 is 0 Å². The van der Waals surface area contributed by atoms with E-state index >= 15 is 0 Å². The molecule has 3 heteroatoms. The van der Waals surface area contributed by atoms with E-state index in [2.05, 4.69) is 27.7 Å². The molecular weight excluding hydrogens is 224 g/mol. The van der Waals surface area contributed by atoms with Crippen molar-refractivity contribution in [2.24, 2.45) is 17.6 Å². The molecule has 102 valence electrons. The predicted octanol–water partition coefficient (Wildman–Crippen LogP) is 3.35. The molecule has 1 unspecified atom stereocenters. The van der Waals surface area contributed by atoms with E-state index in [1.807, 2.05) is 18.2 Å². The van der Waals surface area contributed by atoms with E-state index in [0.717, 1.165) is 23.4 Å². The summed E-state index contributed by atoms with van der Waals surface area (Å²) in [6.45, 7) is 9.29. The van der Waals surface area contributed by atoms with Crippen molar-refractivity contribution in [3.8, 4) is 5.75 Å². The summed E-state index contributed by atoms with van der Waals surface area (Å²) in [6.07, 6.45) is 0.928. The molecule has 1 aromatic carbocycles. The van der Waals surface area contributed by atoms with Crippen LogP contribution in [-0.4, -0.2) is 6.61 Å². The third-order valence-electron chi connectivity index (χ3n) is 2.77. The highest BCUT2D eigenvalue weighted by molar-refractivity contribution is 5.52. The number of nitrogens with two attached hydrogens (primary N) is 2. The molecule has 0 aliphatic heterocycles. The summed E-state index contributed by atoms with van der Waals surface area (Å²) in [4.78, 5) is 0. The van der Waals surface area contributed by atoms with Crippen molar-refractivity contribution in [1.29, 1.82) is 0 Å². The Labute approximate surface area is 111 Å². The minimum absolute atomic E-state index is 0.0207. The monoisotopic (exact) mass is 250 g/mol. The van der Waals surface area contributed by atoms with E-state index in [-0.39, 0.29) is 6.04 Å². The molecule has 3 nitrogen and oxygen atoms in total. The summed E-state index contributed by atoms with van der Waals surface area (Å²) in [6, 6.07) is 5.74. The van der Waals surface area contributed by atoms with Crippen molar-refractivity contribution < 1.29 is 4.74 Å². The molecule has 0 spiro atoms. The van der Waals surface area contributed by atoms with Crippen LogP contribution >= 0.6 is 0 Å². The highest BCUT2D eigenvalue weighted by Crippen LogP contribution is 2.28. The Morgan fingerprint density at radius 3 is 2.33 bits per heavy atom. The maximum absolute atomic E-state index is 6.19. The second kappa shape index (κ2) is 6.64. The van der Waals surface area contributed by atoms with Gasteiger partial charge in [-0.3, -0.25) is 0 Å². The molecule has 0 radical (unpaired) electrons. The number of rotatable bonds is 6. The lowest BCUT2D eigenvalue weighted by atomic mass is 9.96. The second-order valence-corrected chi connectivity index (χ2v) is 5.73. The lowest BCUT2D eigenvalue weighted by molar-refractivity contribution is 0.270. The normalized spacial score (nSPS) is 13.1. The zero-order valence-electron chi connectivity index (χ0n) is 11.9. The lowest BCUT2D eigenvalue weighted by Gasteiger charge is -2.18. The predicted molar refractivity (Wildman–Crippen MR) is 77.6 cm³/mol. The third-order valence-corrected chi connectivity index (χ3v) is 2.77. The van der Waals surface area contributed by atoms with Crippen LogP contribution in [0, 0.1) is 11.8 Å². The van der Waals surface area contributed by atoms with Crippen molar-refractivity contribution >= 4 is 5.69 Å². The maximum atomic E-state index is 6.19. The van der Waals surface area contributed by atoms with Crippen LogP contribution in [0.15, 0.2) is 18.2 Å². The number of nitrogen functional groups attached to an aromatic ring is 1. The Balaban J connectivity index is 2.80. The van der Waals surface area contributed by atoms with Crippen LogP contribution in [0.3, 0.4) is 0 Å². The molecule has 0 aliphatic rings. The van der Waals surface area contributed by atoms with Crippen molar-refractivity contribution in [3.63, 3.8) is 0 Å². The molecule has 1 aromatic rings. The molecule has 0 aliphatic carbocycles. The van der Waals surface area contributed by atoms with Crippen molar-refractivity contribution in [1.82, 2.24) is 0 Å². The number of benzene rings is 1. The number of ether oxygens (including phenoxy) is 1. The van der Waals surface area contributed by atoms with E-state index in [1.54, 1.807) is 0 Å². The fourth-order valence-corrected chi connectivity index (χ4v) is 1.86. The molecule has 18 heavy (non-hydrogen) atoms. The average Bonchev–Trinajstić information content (AvgIpc) is 2.26. The standard InChI is InChI=1S/C15H26N2O/c1-10(2)7-15(17)13-8-12(5-6-14(13)16)18-9-11(3)4/h5-6,8,10-11,15H,7,9,16-17H2,1-4H3. The van der Waals surface area contributed by atoms with Crippen molar-refractivity contribution in [2.75, 3.05) is 12.3 Å². The van der Waals surface area contributed by atoms with E-state index in [9.17, 15) is 0 Å². The van der Waals surface area contributed by atoms with Gasteiger partial charge < -0.3 is 16.2 Å². The van der Waals surface area contributed by atoms with Crippen LogP contribution in [0.1, 0.15) is 45.7 Å². The average molecular weight is 250 g/mol. The van der Waals surface area contributed by atoms with Gasteiger partial charge in [0.05, 0.1) is 6.61 Å². The fourth-order valence-electron chi connectivity index (χ4n) is 1.86. The molecular formula is C15H26N2O. The summed E-state index contributed by atoms with van der Waals surface area (Å²) < 4.78 is 5.71. The Morgan fingerprint density at radius 2 is 1.78 bits per heavy atom. The second-order valence-electron chi connectivity index (χ2n) is 5.73. The Hall–Kier alpha value is -1.22. The number of hydrogen-bond acceptors (Lipinski definition) is 3. The molecule has 0 aromatic heterocycles. The Bertz CT molecular complexity index is 375. The number of anilines is 1. The highest BCUT2D eigenvalue weighted by atomic mass is 16.5. The quantitative estimate of drug-likeness (QED) is 0.761. The van der Waals surface area contributed by atoms with E-state index in [4.69, 9.17) is 16.2 Å². The van der Waals surface area contributed by atoms with Crippen LogP contribution in [-0.2, 0) is 0 Å². The fraction of sp³-hybridized carbons (Fsp3) is 0.600. The van der Waals surface area contributed by atoms with Gasteiger partial charge in [0.15, 0.2) is 0 Å². The topological polar surface area (TPSA) is 61.3 Å². The lowest BCUT2D eigenvalue weighted by Crippen LogP contribution is -2.15. The number of hydrogen-bond donors (Lipinski definition) is 2. The zero-order valence-corrected chi connectivity index (χ0v) is 11.9. The summed E-state index contributed by atoms with van der Waals surface area (Å²) in [5.41, 5.74) is 13.9. The summed E-state index contributed by atoms with van der Waals surface area (Å²) in [5.74, 6) is 1.92. The van der Waals surface area contributed by atoms with Gasteiger partial charge in [-0.2, -0.15) is 0 Å². The van der Waals surface area contributed by atoms with Gasteiger partial charge in [0.1, 0.15) is 5.75 Å². The smallest absolute Gasteiger partial charge is 0.119 e. The summed E-state index contributed by atoms with van der Waals surface area (Å²) in [5, 5.41) is 0. The van der Waals surface area contributed by atoms with Gasteiger partial charge >= 0.3 is 0 Å². The molecule has 0 amide bonds. The Kier molecular flexibility index (Phi) is 5.48. The van der Waals surface area contributed by atoms with Crippen LogP contribution in [0.25, 0.3) is 0 Å². The molecule has 0 saturated carbocycles. The molecule has 1 rings (SSSR count). The molecule has 0 heterocycles.